The van der Waals surface area contributed by atoms with Crippen LogP contribution in [0.3, 0.4) is 0 Å². The molecule has 0 radical (unpaired) electrons. The molecule has 92 heavy (non-hydrogen) atoms. The number of ether oxygens (including phenoxy) is 2. The van der Waals surface area contributed by atoms with E-state index in [9.17, 15) is 9.59 Å². The Morgan fingerprint density at radius 1 is 0.576 bits per heavy atom. The van der Waals surface area contributed by atoms with E-state index >= 15 is 0 Å². The van der Waals surface area contributed by atoms with Crippen molar-refractivity contribution in [1.82, 2.24) is 64.4 Å². The maximum absolute atomic E-state index is 10.8. The molecular weight excluding hydrogens is 1150 g/mol. The van der Waals surface area contributed by atoms with Crippen LogP contribution in [0.2, 0.25) is 0 Å². The van der Waals surface area contributed by atoms with E-state index in [2.05, 4.69) is 144 Å². The Bertz CT molecular complexity index is 3710. The summed E-state index contributed by atoms with van der Waals surface area (Å²) in [5.41, 5.74) is 14.2. The molecule has 0 saturated carbocycles. The summed E-state index contributed by atoms with van der Waals surface area (Å²) >= 11 is 0. The quantitative estimate of drug-likeness (QED) is 0.0985. The molecule has 2 fully saturated rings. The fraction of sp³-hybridized carbons (Fsp3) is 0.419. The van der Waals surface area contributed by atoms with Crippen molar-refractivity contribution in [1.29, 1.82) is 0 Å². The van der Waals surface area contributed by atoms with Crippen molar-refractivity contribution in [3.05, 3.63) is 214 Å². The number of pyridine rings is 5. The number of fused-ring (bicyclic) bond motifs is 5. The average molecular weight is 1250 g/mol. The van der Waals surface area contributed by atoms with Crippen LogP contribution in [-0.4, -0.2) is 156 Å². The van der Waals surface area contributed by atoms with E-state index in [4.69, 9.17) is 9.47 Å². The smallest absolute Gasteiger partial charge is 0.170 e. The van der Waals surface area contributed by atoms with Gasteiger partial charge in [0.05, 0.1) is 43.4 Å². The molecule has 14 rings (SSSR count). The van der Waals surface area contributed by atoms with Gasteiger partial charge >= 0.3 is 0 Å². The maximum atomic E-state index is 10.8. The Balaban J connectivity index is 0.000000134. The molecule has 9 heterocycles. The van der Waals surface area contributed by atoms with Crippen LogP contribution in [0.5, 0.6) is 11.5 Å². The maximum Gasteiger partial charge on any atom is 0.170 e. The molecule has 0 spiro atoms. The Hall–Kier alpha value is -8.23. The van der Waals surface area contributed by atoms with Gasteiger partial charge in [-0.15, -0.1) is 0 Å². The zero-order chi connectivity index (χ0) is 64.8. The van der Waals surface area contributed by atoms with Gasteiger partial charge in [0.15, 0.2) is 12.6 Å². The second-order valence-electron chi connectivity index (χ2n) is 24.4. The predicted molar refractivity (Wildman–Crippen MR) is 368 cm³/mol. The molecule has 9 aromatic rings. The zero-order valence-electron chi connectivity index (χ0n) is 55.5. The van der Waals surface area contributed by atoms with Gasteiger partial charge < -0.3 is 44.5 Å². The normalized spacial score (nSPS) is 18.3. The third-order valence-electron chi connectivity index (χ3n) is 18.3. The number of anilines is 1. The van der Waals surface area contributed by atoms with Crippen LogP contribution < -0.4 is 30.3 Å². The van der Waals surface area contributed by atoms with E-state index in [1.54, 1.807) is 26.6 Å². The summed E-state index contributed by atoms with van der Waals surface area (Å²) in [6.07, 6.45) is 21.6. The number of hydrogen-bond acceptors (Lipinski definition) is 16. The molecule has 486 valence electrons. The van der Waals surface area contributed by atoms with Gasteiger partial charge in [-0.2, -0.15) is 0 Å². The summed E-state index contributed by atoms with van der Waals surface area (Å²) in [4.78, 5) is 52.7. The fourth-order valence-corrected chi connectivity index (χ4v) is 12.7. The van der Waals surface area contributed by atoms with E-state index in [0.29, 0.717) is 41.6 Å². The Kier molecular flexibility index (Phi) is 25.5. The Morgan fingerprint density at radius 2 is 1.07 bits per heavy atom. The van der Waals surface area contributed by atoms with Crippen molar-refractivity contribution in [2.24, 2.45) is 0 Å². The van der Waals surface area contributed by atoms with Crippen LogP contribution in [0.15, 0.2) is 152 Å². The summed E-state index contributed by atoms with van der Waals surface area (Å²) in [5.74, 6) is 2.92. The van der Waals surface area contributed by atoms with Gasteiger partial charge in [0.25, 0.3) is 0 Å². The van der Waals surface area contributed by atoms with E-state index in [0.717, 1.165) is 105 Å². The number of hydrogen-bond donors (Lipinski definition) is 3. The first kappa shape index (κ1) is 68.1. The molecule has 5 aliphatic rings. The van der Waals surface area contributed by atoms with Crippen molar-refractivity contribution in [2.45, 2.75) is 109 Å². The number of likely N-dealkylation sites (N-methyl/N-ethyl adjacent to an activating group) is 2. The van der Waals surface area contributed by atoms with E-state index in [-0.39, 0.29) is 0 Å². The van der Waals surface area contributed by atoms with Gasteiger partial charge in [0.2, 0.25) is 0 Å². The van der Waals surface area contributed by atoms with Crippen molar-refractivity contribution in [2.75, 3.05) is 99.7 Å². The van der Waals surface area contributed by atoms with Crippen LogP contribution in [0, 0.1) is 6.92 Å². The zero-order valence-corrected chi connectivity index (χ0v) is 55.5. The molecule has 0 amide bonds. The highest BCUT2D eigenvalue weighted by atomic mass is 16.5. The SMILES string of the molecule is CN1CCN(c2cccc3nc(C=O)cn23)CC1.CN1CCNCC1.CN[C@H]1CCCc2cccnc21.COc1ccc([C@H](C)N(C)[C@H]2CCCc3cccnc32)cc1.COc1ccc([C@H](C)N[C@H]2CCCc3cccnc32)cc1.Cc1cccc2nc(C=O)cn12. The fourth-order valence-electron chi connectivity index (χ4n) is 12.7. The summed E-state index contributed by atoms with van der Waals surface area (Å²) < 4.78 is 14.4. The van der Waals surface area contributed by atoms with Crippen LogP contribution in [0.4, 0.5) is 5.82 Å². The number of aldehydes is 2. The Morgan fingerprint density at radius 3 is 1.60 bits per heavy atom. The number of nitrogens with zero attached hydrogens (tertiary/aromatic N) is 11. The number of benzene rings is 2. The number of piperazine rings is 2. The highest BCUT2D eigenvalue weighted by Gasteiger charge is 2.29. The third kappa shape index (κ3) is 18.3. The van der Waals surface area contributed by atoms with Gasteiger partial charge in [0, 0.05) is 107 Å². The first-order chi connectivity index (χ1) is 44.9. The highest BCUT2D eigenvalue weighted by Crippen LogP contribution is 2.37. The van der Waals surface area contributed by atoms with E-state index in [1.807, 2.05) is 114 Å². The number of aromatic nitrogens is 7. The predicted octanol–water partition coefficient (Wildman–Crippen LogP) is 11.5. The monoisotopic (exact) mass is 1240 g/mol. The van der Waals surface area contributed by atoms with Crippen molar-refractivity contribution in [3.63, 3.8) is 0 Å². The second-order valence-corrected chi connectivity index (χ2v) is 24.4. The average Bonchev–Trinajstić information content (AvgIpc) is 1.36. The molecule has 18 heteroatoms. The van der Waals surface area contributed by atoms with Gasteiger partial charge in [0.1, 0.15) is 40.0 Å². The molecule has 0 unspecified atom stereocenters. The molecule has 3 aliphatic carbocycles. The molecule has 5 atom stereocenters. The number of aryl methyl sites for hydroxylation is 4. The van der Waals surface area contributed by atoms with Crippen LogP contribution in [0.25, 0.3) is 11.3 Å². The number of imidazole rings is 2. The topological polar surface area (TPSA) is 175 Å². The summed E-state index contributed by atoms with van der Waals surface area (Å²) in [6.45, 7) is 15.3. The van der Waals surface area contributed by atoms with Crippen molar-refractivity contribution in [3.8, 4) is 11.5 Å². The number of methoxy groups -OCH3 is 2. The molecule has 3 N–H and O–H groups in total. The summed E-state index contributed by atoms with van der Waals surface area (Å²) in [5, 5.41) is 10.3. The van der Waals surface area contributed by atoms with Crippen LogP contribution in [0.1, 0.15) is 154 Å². The minimum absolute atomic E-state index is 0.300. The molecule has 2 saturated heterocycles. The van der Waals surface area contributed by atoms with E-state index in [1.165, 1.54) is 96.5 Å². The summed E-state index contributed by atoms with van der Waals surface area (Å²) in [6, 6.07) is 43.0. The molecule has 7 aromatic heterocycles. The number of carbonyl (C=O) groups is 2. The summed E-state index contributed by atoms with van der Waals surface area (Å²) in [7, 11) is 11.9. The lowest BCUT2D eigenvalue weighted by atomic mass is 9.90. The first-order valence-electron chi connectivity index (χ1n) is 32.8. The minimum Gasteiger partial charge on any atom is -0.497 e. The number of carbonyl (C=O) groups excluding carboxylic acids is 2. The van der Waals surface area contributed by atoms with Gasteiger partial charge in [-0.3, -0.25) is 33.8 Å². The van der Waals surface area contributed by atoms with E-state index < -0.39 is 0 Å². The Labute approximate surface area is 544 Å². The molecule has 18 nitrogen and oxygen atoms in total. The van der Waals surface area contributed by atoms with Crippen molar-refractivity contribution < 1.29 is 19.1 Å². The van der Waals surface area contributed by atoms with Gasteiger partial charge in [-0.25, -0.2) is 9.97 Å². The number of nitrogens with one attached hydrogen (secondary N) is 3. The van der Waals surface area contributed by atoms with Crippen LogP contribution in [-0.2, 0) is 19.3 Å². The standard InChI is InChI=1S/C19H24N2O.C18H22N2O.C13H16N4O.C10H14N2.C9H8N2O.C5H12N2/c1-14(15-9-11-17(22-3)12-10-15)21(2)18-8-4-6-16-7-5-13-20-19(16)18;1-13(14-8-10-16(21-2)11-9-14)20-17-7-3-5-15-6-4-12-19-18(15)17;1-15-5-7-16(8-6-15)13-4-2-3-12-14-11(10-18)9-17(12)13;1-11-9-6-2-4-8-5-3-7-12-10(8)9;1-7-3-2-4-9-10-8(6-12)5-11(7)9;1-7-4-2-6-3-5-7/h5,7,9-14,18H,4,6,8H2,1-3H3;4,6,8-13,17,20H,3,5,7H2,1-2H3;2-4,9-10H,5-8H2,1H3;3,5,7,9,11H,2,4,6H2,1H3;2-6H,1H3;6H,2-5H2,1H3/t14-,18-;13-,17-;;9-;;/m00.0../s1. The molecule has 2 aliphatic heterocycles. The third-order valence-corrected chi connectivity index (χ3v) is 18.3. The highest BCUT2D eigenvalue weighted by molar-refractivity contribution is 5.74. The lowest BCUT2D eigenvalue weighted by molar-refractivity contribution is 0.111. The largest absolute Gasteiger partial charge is 0.497 e. The van der Waals surface area contributed by atoms with Crippen LogP contribution >= 0.6 is 0 Å². The first-order valence-corrected chi connectivity index (χ1v) is 32.8. The van der Waals surface area contributed by atoms with Crippen molar-refractivity contribution >= 4 is 29.7 Å². The second kappa shape index (κ2) is 34.4. The van der Waals surface area contributed by atoms with Gasteiger partial charge in [-0.1, -0.05) is 54.6 Å². The minimum atomic E-state index is 0.300. The lowest BCUT2D eigenvalue weighted by Crippen LogP contribution is -2.45. The van der Waals surface area contributed by atoms with Gasteiger partial charge in [-0.05, 0) is 201 Å². The molecule has 2 aromatic carbocycles. The molecular formula is C74H96N14O4. The molecule has 0 bridgehead atoms. The lowest BCUT2D eigenvalue weighted by Gasteiger charge is -2.36. The number of rotatable bonds is 12.